The van der Waals surface area contributed by atoms with Crippen LogP contribution < -0.4 is 0 Å². The van der Waals surface area contributed by atoms with E-state index in [1.54, 1.807) is 0 Å². The first-order chi connectivity index (χ1) is 8.66. The van der Waals surface area contributed by atoms with Crippen molar-refractivity contribution >= 4 is 0 Å². The van der Waals surface area contributed by atoms with Gasteiger partial charge in [-0.3, -0.25) is 4.98 Å². The van der Waals surface area contributed by atoms with Gasteiger partial charge in [0.05, 0.1) is 17.0 Å². The molecule has 3 rings (SSSR count). The summed E-state index contributed by atoms with van der Waals surface area (Å²) in [6.07, 6.45) is 4.29. The third-order valence-corrected chi connectivity index (χ3v) is 3.41. The van der Waals surface area contributed by atoms with Crippen molar-refractivity contribution in [3.05, 3.63) is 35.3 Å². The lowest BCUT2D eigenvalue weighted by atomic mass is 9.99. The van der Waals surface area contributed by atoms with E-state index < -0.39 is 0 Å². The zero-order valence-electron chi connectivity index (χ0n) is 11.1. The van der Waals surface area contributed by atoms with Gasteiger partial charge in [0, 0.05) is 12.1 Å². The number of hydrogen-bond donors (Lipinski definition) is 0. The van der Waals surface area contributed by atoms with Crippen molar-refractivity contribution < 1.29 is 4.52 Å². The smallest absolute Gasteiger partial charge is 0.149 e. The zero-order valence-corrected chi connectivity index (χ0v) is 11.1. The number of nitrogens with zero attached hydrogens (tertiary/aromatic N) is 2. The van der Waals surface area contributed by atoms with Gasteiger partial charge in [-0.05, 0) is 43.4 Å². The van der Waals surface area contributed by atoms with Gasteiger partial charge in [0.1, 0.15) is 5.76 Å². The Morgan fingerprint density at radius 3 is 2.72 bits per heavy atom. The molecule has 1 saturated carbocycles. The number of aryl methyl sites for hydroxylation is 1. The summed E-state index contributed by atoms with van der Waals surface area (Å²) in [4.78, 5) is 4.50. The second-order valence-electron chi connectivity index (χ2n) is 5.45. The lowest BCUT2D eigenvalue weighted by Crippen LogP contribution is -1.94. The van der Waals surface area contributed by atoms with E-state index in [2.05, 4.69) is 37.0 Å². The van der Waals surface area contributed by atoms with Crippen LogP contribution >= 0.6 is 0 Å². The third-order valence-electron chi connectivity index (χ3n) is 3.41. The molecule has 0 aliphatic heterocycles. The van der Waals surface area contributed by atoms with Crippen molar-refractivity contribution in [3.63, 3.8) is 0 Å². The molecule has 0 atom stereocenters. The normalized spacial score (nSPS) is 15.3. The van der Waals surface area contributed by atoms with Crippen LogP contribution in [0, 0.1) is 6.92 Å². The van der Waals surface area contributed by atoms with Crippen LogP contribution in [0.3, 0.4) is 0 Å². The number of rotatable bonds is 3. The second kappa shape index (κ2) is 4.23. The van der Waals surface area contributed by atoms with E-state index in [1.165, 1.54) is 18.4 Å². The lowest BCUT2D eigenvalue weighted by Gasteiger charge is -2.06. The van der Waals surface area contributed by atoms with Crippen molar-refractivity contribution in [3.8, 4) is 11.3 Å². The van der Waals surface area contributed by atoms with Crippen LogP contribution in [0.1, 0.15) is 55.5 Å². The Morgan fingerprint density at radius 2 is 2.11 bits per heavy atom. The van der Waals surface area contributed by atoms with Crippen LogP contribution in [0.5, 0.6) is 0 Å². The fourth-order valence-corrected chi connectivity index (χ4v) is 2.26. The molecule has 1 fully saturated rings. The third kappa shape index (κ3) is 1.94. The van der Waals surface area contributed by atoms with E-state index in [0.29, 0.717) is 11.8 Å². The highest BCUT2D eigenvalue weighted by atomic mass is 16.5. The van der Waals surface area contributed by atoms with Gasteiger partial charge < -0.3 is 4.52 Å². The minimum absolute atomic E-state index is 0.360. The summed E-state index contributed by atoms with van der Waals surface area (Å²) in [6.45, 7) is 6.38. The van der Waals surface area contributed by atoms with E-state index >= 15 is 0 Å². The van der Waals surface area contributed by atoms with Crippen LogP contribution in [-0.4, -0.2) is 10.1 Å². The summed E-state index contributed by atoms with van der Waals surface area (Å²) in [7, 11) is 0. The first kappa shape index (κ1) is 11.5. The van der Waals surface area contributed by atoms with Crippen LogP contribution in [0.25, 0.3) is 11.3 Å². The maximum absolute atomic E-state index is 5.59. The zero-order chi connectivity index (χ0) is 12.7. The van der Waals surface area contributed by atoms with Gasteiger partial charge in [0.2, 0.25) is 0 Å². The summed E-state index contributed by atoms with van der Waals surface area (Å²) in [5, 5.41) is 4.27. The molecule has 0 bridgehead atoms. The molecule has 0 unspecified atom stereocenters. The standard InChI is InChI=1S/C15H18N2O/c1-9(2)14-13(12-8-10(3)6-7-16-12)15(18-17-14)11-4-5-11/h6-9,11H,4-5H2,1-3H3. The van der Waals surface area contributed by atoms with E-state index in [0.717, 1.165) is 22.7 Å². The van der Waals surface area contributed by atoms with Crippen LogP contribution in [0.4, 0.5) is 0 Å². The predicted molar refractivity (Wildman–Crippen MR) is 70.5 cm³/mol. The Balaban J connectivity index is 2.16. The minimum atomic E-state index is 0.360. The average Bonchev–Trinajstić information content (AvgIpc) is 3.07. The summed E-state index contributed by atoms with van der Waals surface area (Å²) in [5.41, 5.74) is 4.39. The highest BCUT2D eigenvalue weighted by Crippen LogP contribution is 2.46. The molecule has 2 heterocycles. The second-order valence-corrected chi connectivity index (χ2v) is 5.45. The predicted octanol–water partition coefficient (Wildman–Crippen LogP) is 4.05. The number of aromatic nitrogens is 2. The van der Waals surface area contributed by atoms with Gasteiger partial charge in [-0.15, -0.1) is 0 Å². The van der Waals surface area contributed by atoms with E-state index in [4.69, 9.17) is 4.52 Å². The van der Waals surface area contributed by atoms with Crippen LogP contribution in [-0.2, 0) is 0 Å². The van der Waals surface area contributed by atoms with Crippen molar-refractivity contribution in [2.75, 3.05) is 0 Å². The maximum Gasteiger partial charge on any atom is 0.149 e. The molecule has 1 aliphatic carbocycles. The largest absolute Gasteiger partial charge is 0.360 e. The Morgan fingerprint density at radius 1 is 1.33 bits per heavy atom. The molecule has 3 heteroatoms. The van der Waals surface area contributed by atoms with Crippen molar-refractivity contribution in [2.45, 2.75) is 45.4 Å². The molecule has 1 aliphatic rings. The van der Waals surface area contributed by atoms with Gasteiger partial charge in [-0.25, -0.2) is 0 Å². The highest BCUT2D eigenvalue weighted by molar-refractivity contribution is 5.66. The fraction of sp³-hybridized carbons (Fsp3) is 0.467. The molecule has 0 N–H and O–H groups in total. The molecule has 0 amide bonds. The highest BCUT2D eigenvalue weighted by Gasteiger charge is 2.33. The summed E-state index contributed by atoms with van der Waals surface area (Å²) in [6, 6.07) is 4.13. The first-order valence-corrected chi connectivity index (χ1v) is 6.59. The lowest BCUT2D eigenvalue weighted by molar-refractivity contribution is 0.376. The van der Waals surface area contributed by atoms with E-state index in [9.17, 15) is 0 Å². The Kier molecular flexibility index (Phi) is 2.69. The fourth-order valence-electron chi connectivity index (χ4n) is 2.26. The average molecular weight is 242 g/mol. The number of pyridine rings is 1. The Bertz CT molecular complexity index is 548. The van der Waals surface area contributed by atoms with Crippen molar-refractivity contribution in [1.82, 2.24) is 10.1 Å². The molecule has 2 aromatic rings. The van der Waals surface area contributed by atoms with Crippen molar-refractivity contribution in [1.29, 1.82) is 0 Å². The number of hydrogen-bond acceptors (Lipinski definition) is 3. The molecule has 0 aromatic carbocycles. The maximum atomic E-state index is 5.59. The molecule has 3 nitrogen and oxygen atoms in total. The van der Waals surface area contributed by atoms with E-state index in [1.807, 2.05) is 12.3 Å². The molecular formula is C15H18N2O. The topological polar surface area (TPSA) is 38.9 Å². The molecule has 2 aromatic heterocycles. The van der Waals surface area contributed by atoms with E-state index in [-0.39, 0.29) is 0 Å². The Labute approximate surface area is 107 Å². The van der Waals surface area contributed by atoms with Gasteiger partial charge in [0.15, 0.2) is 0 Å². The van der Waals surface area contributed by atoms with Gasteiger partial charge in [-0.2, -0.15) is 0 Å². The summed E-state index contributed by atoms with van der Waals surface area (Å²) in [5.74, 6) is 1.96. The molecular weight excluding hydrogens is 224 g/mol. The SMILES string of the molecule is Cc1ccnc(-c2c(C(C)C)noc2C2CC2)c1. The molecule has 18 heavy (non-hydrogen) atoms. The molecule has 0 spiro atoms. The molecule has 0 saturated heterocycles. The van der Waals surface area contributed by atoms with Gasteiger partial charge in [0.25, 0.3) is 0 Å². The first-order valence-electron chi connectivity index (χ1n) is 6.59. The quantitative estimate of drug-likeness (QED) is 0.815. The van der Waals surface area contributed by atoms with Gasteiger partial charge in [-0.1, -0.05) is 19.0 Å². The van der Waals surface area contributed by atoms with Crippen molar-refractivity contribution in [2.24, 2.45) is 0 Å². The van der Waals surface area contributed by atoms with Crippen LogP contribution in [0.15, 0.2) is 22.9 Å². The summed E-state index contributed by atoms with van der Waals surface area (Å²) >= 11 is 0. The molecule has 0 radical (unpaired) electrons. The Hall–Kier alpha value is -1.64. The monoisotopic (exact) mass is 242 g/mol. The summed E-state index contributed by atoms with van der Waals surface area (Å²) < 4.78 is 5.59. The van der Waals surface area contributed by atoms with Gasteiger partial charge >= 0.3 is 0 Å². The minimum Gasteiger partial charge on any atom is -0.360 e. The molecule has 94 valence electrons. The van der Waals surface area contributed by atoms with Crippen LogP contribution in [0.2, 0.25) is 0 Å².